The SMILES string of the molecule is CCO/C=C/C1=CCC(C)(S(=O)(=O)n2ccc3cc(Oc4ccc(F)c(C#N)c4)ccc32)C(F)=C1. The van der Waals surface area contributed by atoms with E-state index in [9.17, 15) is 12.8 Å². The highest BCUT2D eigenvalue weighted by molar-refractivity contribution is 7.91. The molecule has 35 heavy (non-hydrogen) atoms. The van der Waals surface area contributed by atoms with E-state index >= 15 is 4.39 Å². The number of benzene rings is 2. The first-order valence-electron chi connectivity index (χ1n) is 10.8. The maximum atomic E-state index is 15.2. The van der Waals surface area contributed by atoms with Crippen LogP contribution in [0.15, 0.2) is 84.6 Å². The lowest BCUT2D eigenvalue weighted by Gasteiger charge is -2.30. The summed E-state index contributed by atoms with van der Waals surface area (Å²) in [5, 5.41) is 9.54. The zero-order valence-electron chi connectivity index (χ0n) is 19.0. The Balaban J connectivity index is 1.63. The van der Waals surface area contributed by atoms with Gasteiger partial charge in [-0.3, -0.25) is 0 Å². The molecule has 0 radical (unpaired) electrons. The lowest BCUT2D eigenvalue weighted by molar-refractivity contribution is 0.269. The minimum Gasteiger partial charge on any atom is -0.501 e. The summed E-state index contributed by atoms with van der Waals surface area (Å²) < 4.78 is 65.9. The Morgan fingerprint density at radius 3 is 2.63 bits per heavy atom. The summed E-state index contributed by atoms with van der Waals surface area (Å²) in [7, 11) is -4.17. The van der Waals surface area contributed by atoms with Gasteiger partial charge < -0.3 is 9.47 Å². The van der Waals surface area contributed by atoms with E-state index < -0.39 is 26.4 Å². The quantitative estimate of drug-likeness (QED) is 0.369. The van der Waals surface area contributed by atoms with Gasteiger partial charge in [0.2, 0.25) is 0 Å². The van der Waals surface area contributed by atoms with Gasteiger partial charge in [0.15, 0.2) is 0 Å². The van der Waals surface area contributed by atoms with Crippen molar-refractivity contribution >= 4 is 20.9 Å². The molecular weight excluding hydrogens is 474 g/mol. The second kappa shape index (κ2) is 9.39. The fourth-order valence-electron chi connectivity index (χ4n) is 3.71. The van der Waals surface area contributed by atoms with Gasteiger partial charge in [0, 0.05) is 17.6 Å². The van der Waals surface area contributed by atoms with Crippen LogP contribution in [0.5, 0.6) is 11.5 Å². The van der Waals surface area contributed by atoms with Gasteiger partial charge in [0.25, 0.3) is 10.0 Å². The van der Waals surface area contributed by atoms with Crippen LogP contribution in [0.2, 0.25) is 0 Å². The number of nitriles is 1. The van der Waals surface area contributed by atoms with E-state index in [-0.39, 0.29) is 17.7 Å². The number of aromatic nitrogens is 1. The van der Waals surface area contributed by atoms with Crippen LogP contribution in [-0.2, 0) is 14.8 Å². The molecule has 1 atom stereocenters. The van der Waals surface area contributed by atoms with Crippen molar-refractivity contribution in [2.75, 3.05) is 6.61 Å². The first-order valence-corrected chi connectivity index (χ1v) is 12.2. The van der Waals surface area contributed by atoms with Gasteiger partial charge in [0.05, 0.1) is 23.9 Å². The van der Waals surface area contributed by atoms with Crippen LogP contribution in [0.25, 0.3) is 10.9 Å². The first kappa shape index (κ1) is 24.2. The molecule has 4 rings (SSSR count). The molecule has 9 heteroatoms. The molecule has 0 saturated heterocycles. The van der Waals surface area contributed by atoms with Crippen molar-refractivity contribution in [3.63, 3.8) is 0 Å². The molecule has 0 saturated carbocycles. The highest BCUT2D eigenvalue weighted by Crippen LogP contribution is 2.39. The number of ether oxygens (including phenoxy) is 2. The van der Waals surface area contributed by atoms with Crippen LogP contribution >= 0.6 is 0 Å². The first-order chi connectivity index (χ1) is 16.7. The highest BCUT2D eigenvalue weighted by Gasteiger charge is 2.45. The van der Waals surface area contributed by atoms with E-state index in [1.54, 1.807) is 42.5 Å². The summed E-state index contributed by atoms with van der Waals surface area (Å²) in [6.45, 7) is 3.65. The zero-order chi connectivity index (χ0) is 25.2. The van der Waals surface area contributed by atoms with Gasteiger partial charge in [-0.05, 0) is 74.4 Å². The Morgan fingerprint density at radius 1 is 1.17 bits per heavy atom. The van der Waals surface area contributed by atoms with Crippen molar-refractivity contribution in [3.8, 4) is 17.6 Å². The van der Waals surface area contributed by atoms with E-state index in [4.69, 9.17) is 14.7 Å². The Labute approximate surface area is 202 Å². The molecular formula is C26H22F2N2O4S. The van der Waals surface area contributed by atoms with Gasteiger partial charge in [-0.25, -0.2) is 21.2 Å². The van der Waals surface area contributed by atoms with Crippen molar-refractivity contribution in [1.29, 1.82) is 5.26 Å². The number of rotatable bonds is 7. The molecule has 1 aromatic heterocycles. The van der Waals surface area contributed by atoms with Crippen molar-refractivity contribution in [1.82, 2.24) is 3.97 Å². The molecule has 3 aromatic rings. The lowest BCUT2D eigenvalue weighted by atomic mass is 9.96. The van der Waals surface area contributed by atoms with Crippen molar-refractivity contribution < 1.29 is 26.7 Å². The molecule has 1 heterocycles. The summed E-state index contributed by atoms with van der Waals surface area (Å²) in [4.78, 5) is 0. The molecule has 6 nitrogen and oxygen atoms in total. The topological polar surface area (TPSA) is 81.3 Å². The zero-order valence-corrected chi connectivity index (χ0v) is 19.9. The number of allylic oxidation sites excluding steroid dienone is 4. The third-order valence-electron chi connectivity index (χ3n) is 5.80. The third-order valence-corrected chi connectivity index (χ3v) is 8.13. The van der Waals surface area contributed by atoms with E-state index in [1.807, 2.05) is 6.92 Å². The Kier molecular flexibility index (Phi) is 6.50. The molecule has 1 unspecified atom stereocenters. The molecule has 0 N–H and O–H groups in total. The van der Waals surface area contributed by atoms with Gasteiger partial charge in [-0.1, -0.05) is 6.08 Å². The number of hydrogen-bond acceptors (Lipinski definition) is 5. The number of nitrogens with zero attached hydrogens (tertiary/aromatic N) is 2. The standard InChI is InChI=1S/C26H22F2N2O4S/c1-3-33-13-10-18-8-11-26(2,25(28)14-18)35(31,32)30-12-9-19-15-22(5-7-24(19)30)34-21-4-6-23(27)20(16-21)17-29/h4-10,12-16H,3,11H2,1-2H3/b13-10+. The molecule has 0 bridgehead atoms. The van der Waals surface area contributed by atoms with E-state index in [2.05, 4.69) is 0 Å². The van der Waals surface area contributed by atoms with Crippen LogP contribution in [0.4, 0.5) is 8.78 Å². The third kappa shape index (κ3) is 4.45. The maximum absolute atomic E-state index is 15.2. The van der Waals surface area contributed by atoms with Crippen LogP contribution in [-0.4, -0.2) is 23.7 Å². The average molecular weight is 497 g/mol. The average Bonchev–Trinajstić information content (AvgIpc) is 3.27. The van der Waals surface area contributed by atoms with Gasteiger partial charge in [-0.2, -0.15) is 5.26 Å². The number of halogens is 2. The van der Waals surface area contributed by atoms with Crippen molar-refractivity contribution in [2.24, 2.45) is 0 Å². The predicted molar refractivity (Wildman–Crippen MR) is 129 cm³/mol. The normalized spacial score (nSPS) is 18.3. The smallest absolute Gasteiger partial charge is 0.251 e. The Hall–Kier alpha value is -3.90. The second-order valence-corrected chi connectivity index (χ2v) is 10.3. The minimum absolute atomic E-state index is 0.0455. The van der Waals surface area contributed by atoms with Crippen molar-refractivity contribution in [2.45, 2.75) is 25.0 Å². The summed E-state index contributed by atoms with van der Waals surface area (Å²) >= 11 is 0. The van der Waals surface area contributed by atoms with Gasteiger partial charge >= 0.3 is 0 Å². The van der Waals surface area contributed by atoms with Crippen LogP contribution < -0.4 is 4.74 Å². The van der Waals surface area contributed by atoms with Crippen molar-refractivity contribution in [3.05, 3.63) is 95.9 Å². The molecule has 0 aliphatic heterocycles. The molecule has 0 fully saturated rings. The molecule has 180 valence electrons. The van der Waals surface area contributed by atoms with Gasteiger partial charge in [-0.15, -0.1) is 0 Å². The van der Waals surface area contributed by atoms with E-state index in [1.165, 1.54) is 37.6 Å². The molecule has 0 amide bonds. The van der Waals surface area contributed by atoms with Crippen LogP contribution in [0.1, 0.15) is 25.8 Å². The summed E-state index contributed by atoms with van der Waals surface area (Å²) in [5.74, 6) is -0.783. The highest BCUT2D eigenvalue weighted by atomic mass is 32.2. The van der Waals surface area contributed by atoms with Crippen LogP contribution in [0, 0.1) is 17.1 Å². The number of fused-ring (bicyclic) bond motifs is 1. The van der Waals surface area contributed by atoms with E-state index in [0.717, 1.165) is 10.0 Å². The maximum Gasteiger partial charge on any atom is 0.251 e. The fourth-order valence-corrected chi connectivity index (χ4v) is 5.39. The number of hydrogen-bond donors (Lipinski definition) is 0. The summed E-state index contributed by atoms with van der Waals surface area (Å²) in [5.41, 5.74) is 0.736. The summed E-state index contributed by atoms with van der Waals surface area (Å²) in [6.07, 6.45) is 7.22. The van der Waals surface area contributed by atoms with E-state index in [0.29, 0.717) is 28.8 Å². The Bertz CT molecular complexity index is 1530. The molecule has 2 aromatic carbocycles. The lowest BCUT2D eigenvalue weighted by Crippen LogP contribution is -2.40. The molecule has 0 spiro atoms. The van der Waals surface area contributed by atoms with Gasteiger partial charge in [0.1, 0.15) is 34.0 Å². The minimum atomic E-state index is -4.17. The van der Waals surface area contributed by atoms with Crippen LogP contribution in [0.3, 0.4) is 0 Å². The molecule has 1 aliphatic rings. The molecule has 1 aliphatic carbocycles. The monoisotopic (exact) mass is 496 g/mol. The second-order valence-electron chi connectivity index (χ2n) is 8.08. The predicted octanol–water partition coefficient (Wildman–Crippen LogP) is 6.11. The Morgan fingerprint density at radius 2 is 1.91 bits per heavy atom. The summed E-state index contributed by atoms with van der Waals surface area (Å²) in [6, 6.07) is 11.9. The largest absolute Gasteiger partial charge is 0.501 e. The fraction of sp³-hybridized carbons (Fsp3) is 0.192.